The summed E-state index contributed by atoms with van der Waals surface area (Å²) in [6.07, 6.45) is 6.26. The van der Waals surface area contributed by atoms with E-state index in [1.54, 1.807) is 22.3 Å². The van der Waals surface area contributed by atoms with Gasteiger partial charge in [0.05, 0.1) is 11.3 Å². The van der Waals surface area contributed by atoms with Crippen molar-refractivity contribution in [1.29, 1.82) is 0 Å². The number of aromatic nitrogens is 2. The van der Waals surface area contributed by atoms with Crippen molar-refractivity contribution >= 4 is 34.2 Å². The summed E-state index contributed by atoms with van der Waals surface area (Å²) in [5, 5.41) is 9.81. The molecule has 6 nitrogen and oxygen atoms in total. The van der Waals surface area contributed by atoms with Crippen LogP contribution in [0.25, 0.3) is 0 Å². The van der Waals surface area contributed by atoms with Gasteiger partial charge in [0.15, 0.2) is 5.13 Å². The molecule has 0 radical (unpaired) electrons. The Balaban J connectivity index is 1.81. The van der Waals surface area contributed by atoms with Crippen LogP contribution in [0.2, 0.25) is 0 Å². The van der Waals surface area contributed by atoms with E-state index in [4.69, 9.17) is 4.98 Å². The van der Waals surface area contributed by atoms with Crippen molar-refractivity contribution in [3.05, 3.63) is 34.5 Å². The van der Waals surface area contributed by atoms with E-state index in [1.165, 1.54) is 17.1 Å². The highest BCUT2D eigenvalue weighted by atomic mass is 32.1. The summed E-state index contributed by atoms with van der Waals surface area (Å²) < 4.78 is 0. The van der Waals surface area contributed by atoms with Crippen LogP contribution in [0.1, 0.15) is 80.7 Å². The van der Waals surface area contributed by atoms with Crippen LogP contribution in [0.3, 0.4) is 0 Å². The number of aromatic carboxylic acids is 1. The van der Waals surface area contributed by atoms with Crippen LogP contribution in [-0.4, -0.2) is 27.0 Å². The molecule has 4 rings (SSSR count). The second-order valence-corrected chi connectivity index (χ2v) is 10.4. The van der Waals surface area contributed by atoms with Gasteiger partial charge in [0.2, 0.25) is 5.91 Å². The normalized spacial score (nSPS) is 19.9. The molecule has 2 aliphatic rings. The number of carboxylic acid groups (broad SMARTS) is 1. The van der Waals surface area contributed by atoms with Crippen molar-refractivity contribution in [1.82, 2.24) is 9.97 Å². The van der Waals surface area contributed by atoms with Gasteiger partial charge in [-0.25, -0.2) is 19.7 Å². The molecule has 29 heavy (non-hydrogen) atoms. The minimum atomic E-state index is -1.03. The minimum absolute atomic E-state index is 0.00790. The third-order valence-corrected chi connectivity index (χ3v) is 7.74. The first-order valence-electron chi connectivity index (χ1n) is 10.2. The average Bonchev–Trinajstić information content (AvgIpc) is 3.06. The van der Waals surface area contributed by atoms with Gasteiger partial charge in [-0.2, -0.15) is 0 Å². The lowest BCUT2D eigenvalue weighted by atomic mass is 9.69. The summed E-state index contributed by atoms with van der Waals surface area (Å²) in [5.74, 6) is -0.603. The molecule has 7 heteroatoms. The van der Waals surface area contributed by atoms with Gasteiger partial charge >= 0.3 is 5.97 Å². The maximum absolute atomic E-state index is 13.3. The van der Waals surface area contributed by atoms with E-state index in [9.17, 15) is 14.7 Å². The van der Waals surface area contributed by atoms with Crippen LogP contribution in [-0.2, 0) is 15.6 Å². The lowest BCUT2D eigenvalue weighted by Gasteiger charge is -2.37. The Labute approximate surface area is 175 Å². The predicted molar refractivity (Wildman–Crippen MR) is 113 cm³/mol. The number of fused-ring (bicyclic) bond motifs is 1. The van der Waals surface area contributed by atoms with E-state index in [0.717, 1.165) is 37.8 Å². The lowest BCUT2D eigenvalue weighted by molar-refractivity contribution is -0.123. The number of rotatable bonds is 4. The van der Waals surface area contributed by atoms with Crippen LogP contribution in [0.15, 0.2) is 18.3 Å². The topological polar surface area (TPSA) is 83.4 Å². The summed E-state index contributed by atoms with van der Waals surface area (Å²) in [6, 6.07) is 3.10. The van der Waals surface area contributed by atoms with Crippen molar-refractivity contribution in [2.24, 2.45) is 5.92 Å². The van der Waals surface area contributed by atoms with E-state index in [0.29, 0.717) is 10.9 Å². The molecule has 0 spiro atoms. The standard InChI is InChI=1S/C22H27N3O3S/c1-21(2)10-11-22(3,4)17-16(21)24-20(29-17)25(18(26)13-6-5-7-13)15-9-8-14(12-23-15)19(27)28/h8-9,12-13H,5-7,10-11H2,1-4H3,(H,27,28). The van der Waals surface area contributed by atoms with Gasteiger partial charge in [-0.15, -0.1) is 11.3 Å². The SMILES string of the molecule is CC1(C)CCC(C)(C)c2sc(N(C(=O)C3CCC3)c3ccc(C(=O)O)cn3)nc21. The van der Waals surface area contributed by atoms with Crippen LogP contribution in [0, 0.1) is 5.92 Å². The second kappa shape index (κ2) is 6.90. The maximum Gasteiger partial charge on any atom is 0.337 e. The summed E-state index contributed by atoms with van der Waals surface area (Å²) in [5.41, 5.74) is 1.16. The van der Waals surface area contributed by atoms with Crippen LogP contribution in [0.5, 0.6) is 0 Å². The molecule has 0 aliphatic heterocycles. The number of carboxylic acids is 1. The minimum Gasteiger partial charge on any atom is -0.478 e. The lowest BCUT2D eigenvalue weighted by Crippen LogP contribution is -2.36. The summed E-state index contributed by atoms with van der Waals surface area (Å²) >= 11 is 1.58. The number of hydrogen-bond acceptors (Lipinski definition) is 5. The third-order valence-electron chi connectivity index (χ3n) is 6.34. The number of hydrogen-bond donors (Lipinski definition) is 1. The third kappa shape index (κ3) is 3.45. The summed E-state index contributed by atoms with van der Waals surface area (Å²) in [4.78, 5) is 36.6. The first-order chi connectivity index (χ1) is 13.6. The van der Waals surface area contributed by atoms with Gasteiger partial charge in [0, 0.05) is 27.8 Å². The highest BCUT2D eigenvalue weighted by Crippen LogP contribution is 2.50. The molecular weight excluding hydrogens is 386 g/mol. The Morgan fingerprint density at radius 3 is 2.34 bits per heavy atom. The zero-order valence-corrected chi connectivity index (χ0v) is 18.2. The zero-order chi connectivity index (χ0) is 21.0. The fraction of sp³-hybridized carbons (Fsp3) is 0.545. The zero-order valence-electron chi connectivity index (χ0n) is 17.4. The number of anilines is 2. The van der Waals surface area contributed by atoms with E-state index in [-0.39, 0.29) is 28.2 Å². The predicted octanol–water partition coefficient (Wildman–Crippen LogP) is 5.05. The molecule has 154 valence electrons. The van der Waals surface area contributed by atoms with Gasteiger partial charge in [-0.05, 0) is 37.8 Å². The Bertz CT molecular complexity index is 925. The first kappa shape index (κ1) is 20.0. The molecule has 1 fully saturated rings. The molecule has 2 aromatic heterocycles. The largest absolute Gasteiger partial charge is 0.478 e. The van der Waals surface area contributed by atoms with E-state index >= 15 is 0 Å². The van der Waals surface area contributed by atoms with Crippen molar-refractivity contribution < 1.29 is 14.7 Å². The highest BCUT2D eigenvalue weighted by Gasteiger charge is 2.42. The highest BCUT2D eigenvalue weighted by molar-refractivity contribution is 7.16. The second-order valence-electron chi connectivity index (χ2n) is 9.45. The molecule has 0 unspecified atom stereocenters. The van der Waals surface area contributed by atoms with Crippen molar-refractivity contribution in [3.63, 3.8) is 0 Å². The molecule has 0 aromatic carbocycles. The maximum atomic E-state index is 13.3. The molecule has 2 heterocycles. The fourth-order valence-electron chi connectivity index (χ4n) is 3.97. The fourth-order valence-corrected chi connectivity index (χ4v) is 5.36. The van der Waals surface area contributed by atoms with Crippen LogP contribution < -0.4 is 4.90 Å². The number of thiazole rings is 1. The Morgan fingerprint density at radius 1 is 1.14 bits per heavy atom. The smallest absolute Gasteiger partial charge is 0.337 e. The Hall–Kier alpha value is -2.28. The molecule has 0 saturated heterocycles. The molecule has 1 N–H and O–H groups in total. The van der Waals surface area contributed by atoms with Crippen molar-refractivity contribution in [2.45, 2.75) is 70.6 Å². The van der Waals surface area contributed by atoms with Gasteiger partial charge in [-0.1, -0.05) is 34.1 Å². The Kier molecular flexibility index (Phi) is 4.76. The molecular formula is C22H27N3O3S. The summed E-state index contributed by atoms with van der Waals surface area (Å²) in [7, 11) is 0. The van der Waals surface area contributed by atoms with E-state index in [2.05, 4.69) is 32.7 Å². The molecule has 0 bridgehead atoms. The summed E-state index contributed by atoms with van der Waals surface area (Å²) in [6.45, 7) is 8.90. The quantitative estimate of drug-likeness (QED) is 0.758. The number of carbonyl (C=O) groups excluding carboxylic acids is 1. The van der Waals surface area contributed by atoms with Gasteiger partial charge in [0.1, 0.15) is 5.82 Å². The van der Waals surface area contributed by atoms with E-state index in [1.807, 2.05) is 0 Å². The number of nitrogens with zero attached hydrogens (tertiary/aromatic N) is 3. The number of pyridine rings is 1. The molecule has 0 atom stereocenters. The average molecular weight is 414 g/mol. The van der Waals surface area contributed by atoms with E-state index < -0.39 is 5.97 Å². The van der Waals surface area contributed by atoms with Gasteiger partial charge in [0.25, 0.3) is 0 Å². The van der Waals surface area contributed by atoms with Crippen LogP contribution in [0.4, 0.5) is 10.9 Å². The molecule has 2 aromatic rings. The molecule has 1 saturated carbocycles. The first-order valence-corrected chi connectivity index (χ1v) is 11.0. The van der Waals surface area contributed by atoms with Gasteiger partial charge in [-0.3, -0.25) is 4.79 Å². The monoisotopic (exact) mass is 413 g/mol. The number of carbonyl (C=O) groups is 2. The molecule has 2 aliphatic carbocycles. The number of amides is 1. The molecule has 1 amide bonds. The van der Waals surface area contributed by atoms with Crippen molar-refractivity contribution in [2.75, 3.05) is 4.90 Å². The van der Waals surface area contributed by atoms with Crippen LogP contribution >= 0.6 is 11.3 Å². The Morgan fingerprint density at radius 2 is 1.83 bits per heavy atom. The van der Waals surface area contributed by atoms with Gasteiger partial charge < -0.3 is 5.11 Å². The van der Waals surface area contributed by atoms with Crippen molar-refractivity contribution in [3.8, 4) is 0 Å².